The molecule has 0 radical (unpaired) electrons. The SMILES string of the molecule is Cc1cc(Br)ccc1NC(=O)CSc1nnc(-c2ccncc2)n1-c1ccc(F)cc1. The monoisotopic (exact) mass is 497 g/mol. The molecule has 1 amide bonds. The lowest BCUT2D eigenvalue weighted by molar-refractivity contribution is -0.113. The number of halogens is 2. The van der Waals surface area contributed by atoms with Gasteiger partial charge in [-0.3, -0.25) is 14.3 Å². The molecule has 6 nitrogen and oxygen atoms in total. The van der Waals surface area contributed by atoms with Gasteiger partial charge in [0.1, 0.15) is 5.82 Å². The summed E-state index contributed by atoms with van der Waals surface area (Å²) in [5, 5.41) is 12.0. The molecule has 4 rings (SSSR count). The van der Waals surface area contributed by atoms with E-state index in [9.17, 15) is 9.18 Å². The van der Waals surface area contributed by atoms with Crippen LogP contribution in [-0.2, 0) is 4.79 Å². The molecule has 0 bridgehead atoms. The van der Waals surface area contributed by atoms with Crippen molar-refractivity contribution in [2.45, 2.75) is 12.1 Å². The third kappa shape index (κ3) is 5.00. The zero-order valence-corrected chi connectivity index (χ0v) is 18.8. The Kier molecular flexibility index (Phi) is 6.43. The minimum Gasteiger partial charge on any atom is -0.325 e. The van der Waals surface area contributed by atoms with Gasteiger partial charge in [0, 0.05) is 33.8 Å². The van der Waals surface area contributed by atoms with Gasteiger partial charge in [-0.05, 0) is 67.1 Å². The normalized spacial score (nSPS) is 10.8. The Morgan fingerprint density at radius 3 is 2.55 bits per heavy atom. The molecule has 2 aromatic heterocycles. The van der Waals surface area contributed by atoms with E-state index in [4.69, 9.17) is 0 Å². The van der Waals surface area contributed by atoms with Crippen LogP contribution in [0.25, 0.3) is 17.1 Å². The van der Waals surface area contributed by atoms with Crippen LogP contribution in [0.1, 0.15) is 5.56 Å². The summed E-state index contributed by atoms with van der Waals surface area (Å²) in [6.07, 6.45) is 3.33. The number of hydrogen-bond donors (Lipinski definition) is 1. The number of aromatic nitrogens is 4. The van der Waals surface area contributed by atoms with Gasteiger partial charge in [0.2, 0.25) is 5.91 Å². The van der Waals surface area contributed by atoms with Crippen LogP contribution in [0.5, 0.6) is 0 Å². The van der Waals surface area contributed by atoms with Crippen LogP contribution < -0.4 is 5.32 Å². The highest BCUT2D eigenvalue weighted by molar-refractivity contribution is 9.10. The molecule has 1 N–H and O–H groups in total. The number of carbonyl (C=O) groups is 1. The molecule has 0 saturated heterocycles. The third-order valence-electron chi connectivity index (χ3n) is 4.45. The molecule has 9 heteroatoms. The van der Waals surface area contributed by atoms with Gasteiger partial charge in [0.15, 0.2) is 11.0 Å². The molecule has 0 aliphatic heterocycles. The van der Waals surface area contributed by atoms with Gasteiger partial charge in [-0.1, -0.05) is 27.7 Å². The first-order valence-corrected chi connectivity index (χ1v) is 11.1. The minimum absolute atomic E-state index is 0.144. The van der Waals surface area contributed by atoms with Crippen molar-refractivity contribution in [1.29, 1.82) is 0 Å². The van der Waals surface area contributed by atoms with Gasteiger partial charge >= 0.3 is 0 Å². The Morgan fingerprint density at radius 1 is 1.10 bits per heavy atom. The fraction of sp³-hybridized carbons (Fsp3) is 0.0909. The summed E-state index contributed by atoms with van der Waals surface area (Å²) in [6.45, 7) is 1.93. The number of aryl methyl sites for hydroxylation is 1. The zero-order chi connectivity index (χ0) is 21.8. The number of rotatable bonds is 6. The summed E-state index contributed by atoms with van der Waals surface area (Å²) >= 11 is 4.67. The molecule has 0 unspecified atom stereocenters. The zero-order valence-electron chi connectivity index (χ0n) is 16.4. The molecule has 31 heavy (non-hydrogen) atoms. The van der Waals surface area contributed by atoms with E-state index < -0.39 is 0 Å². The topological polar surface area (TPSA) is 72.7 Å². The summed E-state index contributed by atoms with van der Waals surface area (Å²) in [4.78, 5) is 16.6. The molecule has 0 fully saturated rings. The van der Waals surface area contributed by atoms with Crippen molar-refractivity contribution in [3.8, 4) is 17.1 Å². The molecule has 0 atom stereocenters. The Hall–Kier alpha value is -3.04. The summed E-state index contributed by atoms with van der Waals surface area (Å²) in [5.41, 5.74) is 3.23. The average molecular weight is 498 g/mol. The summed E-state index contributed by atoms with van der Waals surface area (Å²) in [7, 11) is 0. The second kappa shape index (κ2) is 9.40. The second-order valence-corrected chi connectivity index (χ2v) is 8.51. The predicted octanol–water partition coefficient (Wildman–Crippen LogP) is 5.27. The van der Waals surface area contributed by atoms with Gasteiger partial charge in [0.05, 0.1) is 5.75 Å². The Morgan fingerprint density at radius 2 is 1.84 bits per heavy atom. The molecule has 4 aromatic rings. The number of nitrogens with one attached hydrogen (secondary N) is 1. The maximum absolute atomic E-state index is 13.5. The third-order valence-corrected chi connectivity index (χ3v) is 5.87. The predicted molar refractivity (Wildman–Crippen MR) is 123 cm³/mol. The number of anilines is 1. The Bertz CT molecular complexity index is 1210. The van der Waals surface area contributed by atoms with Crippen molar-refractivity contribution >= 4 is 39.3 Å². The lowest BCUT2D eigenvalue weighted by Crippen LogP contribution is -2.15. The highest BCUT2D eigenvalue weighted by Crippen LogP contribution is 2.28. The number of pyridine rings is 1. The molecule has 0 spiro atoms. The number of hydrogen-bond acceptors (Lipinski definition) is 5. The van der Waals surface area contributed by atoms with E-state index in [0.29, 0.717) is 16.7 Å². The van der Waals surface area contributed by atoms with Crippen LogP contribution in [0.2, 0.25) is 0 Å². The highest BCUT2D eigenvalue weighted by Gasteiger charge is 2.17. The lowest BCUT2D eigenvalue weighted by Gasteiger charge is -2.11. The largest absolute Gasteiger partial charge is 0.325 e. The van der Waals surface area contributed by atoms with E-state index in [-0.39, 0.29) is 17.5 Å². The van der Waals surface area contributed by atoms with Gasteiger partial charge in [-0.2, -0.15) is 0 Å². The molecule has 0 aliphatic carbocycles. The Labute approximate surface area is 191 Å². The summed E-state index contributed by atoms with van der Waals surface area (Å²) in [6, 6.07) is 15.4. The minimum atomic E-state index is -0.333. The van der Waals surface area contributed by atoms with E-state index in [1.807, 2.05) is 37.3 Å². The quantitative estimate of drug-likeness (QED) is 0.367. The first kappa shape index (κ1) is 21.2. The van der Waals surface area contributed by atoms with E-state index in [2.05, 4.69) is 36.4 Å². The number of nitrogens with zero attached hydrogens (tertiary/aromatic N) is 4. The van der Waals surface area contributed by atoms with Crippen molar-refractivity contribution < 1.29 is 9.18 Å². The lowest BCUT2D eigenvalue weighted by atomic mass is 10.2. The van der Waals surface area contributed by atoms with Crippen LogP contribution in [0.15, 0.2) is 76.6 Å². The first-order valence-electron chi connectivity index (χ1n) is 9.32. The van der Waals surface area contributed by atoms with Crippen molar-refractivity contribution in [1.82, 2.24) is 19.7 Å². The van der Waals surface area contributed by atoms with Crippen molar-refractivity contribution in [2.75, 3.05) is 11.1 Å². The average Bonchev–Trinajstić information content (AvgIpc) is 3.19. The number of benzene rings is 2. The summed E-state index contributed by atoms with van der Waals surface area (Å²) < 4.78 is 16.2. The van der Waals surface area contributed by atoms with E-state index in [1.165, 1.54) is 23.9 Å². The van der Waals surface area contributed by atoms with E-state index in [1.54, 1.807) is 29.1 Å². The highest BCUT2D eigenvalue weighted by atomic mass is 79.9. The fourth-order valence-corrected chi connectivity index (χ4v) is 4.19. The first-order chi connectivity index (χ1) is 15.0. The van der Waals surface area contributed by atoms with Crippen LogP contribution in [0.4, 0.5) is 10.1 Å². The number of amides is 1. The molecular weight excluding hydrogens is 481 g/mol. The standard InChI is InChI=1S/C22H17BrFN5OS/c1-14-12-16(23)2-7-19(14)26-20(30)13-31-22-28-27-21(15-8-10-25-11-9-15)29(22)18-5-3-17(24)4-6-18/h2-12H,13H2,1H3,(H,26,30). The van der Waals surface area contributed by atoms with Gasteiger partial charge in [0.25, 0.3) is 0 Å². The van der Waals surface area contributed by atoms with Gasteiger partial charge in [-0.25, -0.2) is 4.39 Å². The molecule has 2 heterocycles. The van der Waals surface area contributed by atoms with Crippen LogP contribution in [0.3, 0.4) is 0 Å². The van der Waals surface area contributed by atoms with Gasteiger partial charge in [-0.15, -0.1) is 10.2 Å². The van der Waals surface area contributed by atoms with Crippen molar-refractivity contribution in [3.05, 3.63) is 82.8 Å². The van der Waals surface area contributed by atoms with E-state index in [0.717, 1.165) is 21.3 Å². The van der Waals surface area contributed by atoms with Gasteiger partial charge < -0.3 is 5.32 Å². The van der Waals surface area contributed by atoms with Crippen LogP contribution >= 0.6 is 27.7 Å². The molecule has 2 aromatic carbocycles. The fourth-order valence-electron chi connectivity index (χ4n) is 2.96. The maximum Gasteiger partial charge on any atom is 0.234 e. The molecule has 0 saturated carbocycles. The molecule has 156 valence electrons. The number of carbonyl (C=O) groups excluding carboxylic acids is 1. The second-order valence-electron chi connectivity index (χ2n) is 6.65. The van der Waals surface area contributed by atoms with Crippen LogP contribution in [0, 0.1) is 12.7 Å². The molecule has 0 aliphatic rings. The Balaban J connectivity index is 1.58. The van der Waals surface area contributed by atoms with Crippen LogP contribution in [-0.4, -0.2) is 31.4 Å². The van der Waals surface area contributed by atoms with Crippen molar-refractivity contribution in [3.63, 3.8) is 0 Å². The maximum atomic E-state index is 13.5. The van der Waals surface area contributed by atoms with Crippen molar-refractivity contribution in [2.24, 2.45) is 0 Å². The smallest absolute Gasteiger partial charge is 0.234 e. The molecular formula is C22H17BrFN5OS. The number of thioether (sulfide) groups is 1. The van der Waals surface area contributed by atoms with E-state index >= 15 is 0 Å². The summed E-state index contributed by atoms with van der Waals surface area (Å²) in [5.74, 6) is 0.237.